The Balaban J connectivity index is 1.75. The molecule has 2 aromatic rings. The Labute approximate surface area is 109 Å². The molecule has 1 aromatic carbocycles. The number of nitrogens with one attached hydrogen (secondary N) is 2. The zero-order chi connectivity index (χ0) is 12.8. The molecule has 0 spiro atoms. The molecule has 5 nitrogen and oxygen atoms in total. The van der Waals surface area contributed by atoms with Crippen LogP contribution in [-0.4, -0.2) is 22.7 Å². The van der Waals surface area contributed by atoms with Gasteiger partial charge in [-0.25, -0.2) is 0 Å². The van der Waals surface area contributed by atoms with E-state index in [4.69, 9.17) is 16.3 Å². The number of halogens is 1. The van der Waals surface area contributed by atoms with Crippen LogP contribution >= 0.6 is 11.6 Å². The van der Waals surface area contributed by atoms with Gasteiger partial charge < -0.3 is 10.1 Å². The van der Waals surface area contributed by atoms with Crippen molar-refractivity contribution in [2.24, 2.45) is 0 Å². The fourth-order valence-electron chi connectivity index (χ4n) is 1.35. The second-order valence-corrected chi connectivity index (χ2v) is 3.95. The van der Waals surface area contributed by atoms with Crippen LogP contribution in [-0.2, 0) is 4.79 Å². The average molecular weight is 266 g/mol. The fraction of sp³-hybridized carbons (Fsp3) is 0.167. The molecule has 0 saturated carbocycles. The first-order valence-corrected chi connectivity index (χ1v) is 5.80. The van der Waals surface area contributed by atoms with E-state index in [1.807, 2.05) is 12.1 Å². The molecule has 2 rings (SSSR count). The molecule has 94 valence electrons. The maximum absolute atomic E-state index is 11.5. The number of benzene rings is 1. The van der Waals surface area contributed by atoms with Crippen molar-refractivity contribution in [3.8, 4) is 5.75 Å². The molecule has 2 N–H and O–H groups in total. The SMILES string of the molecule is O=C(CCOc1ccccc1Cl)Nc1ccn[nH]1. The highest BCUT2D eigenvalue weighted by Gasteiger charge is 2.05. The van der Waals surface area contributed by atoms with Crippen molar-refractivity contribution < 1.29 is 9.53 Å². The van der Waals surface area contributed by atoms with Gasteiger partial charge in [-0.05, 0) is 12.1 Å². The minimum atomic E-state index is -0.147. The topological polar surface area (TPSA) is 67.0 Å². The van der Waals surface area contributed by atoms with Crippen LogP contribution in [0, 0.1) is 0 Å². The molecule has 0 bridgehead atoms. The zero-order valence-electron chi connectivity index (χ0n) is 9.52. The summed E-state index contributed by atoms with van der Waals surface area (Å²) >= 11 is 5.92. The summed E-state index contributed by atoms with van der Waals surface area (Å²) in [6, 6.07) is 8.82. The molecule has 0 radical (unpaired) electrons. The molecule has 0 saturated heterocycles. The van der Waals surface area contributed by atoms with Crippen LogP contribution in [0.25, 0.3) is 0 Å². The first kappa shape index (κ1) is 12.4. The van der Waals surface area contributed by atoms with Gasteiger partial charge in [0.05, 0.1) is 24.2 Å². The quantitative estimate of drug-likeness (QED) is 0.873. The third kappa shape index (κ3) is 3.49. The number of para-hydroxylation sites is 1. The molecule has 6 heteroatoms. The van der Waals surface area contributed by atoms with E-state index in [-0.39, 0.29) is 18.9 Å². The first-order chi connectivity index (χ1) is 8.75. The Morgan fingerprint density at radius 2 is 2.22 bits per heavy atom. The van der Waals surface area contributed by atoms with Crippen LogP contribution in [0.2, 0.25) is 5.02 Å². The highest BCUT2D eigenvalue weighted by atomic mass is 35.5. The number of rotatable bonds is 5. The number of hydrogen-bond donors (Lipinski definition) is 2. The largest absolute Gasteiger partial charge is 0.491 e. The molecule has 0 atom stereocenters. The van der Waals surface area contributed by atoms with Crippen LogP contribution in [0.15, 0.2) is 36.5 Å². The standard InChI is InChI=1S/C12H12ClN3O2/c13-9-3-1-2-4-10(9)18-8-6-12(17)15-11-5-7-14-16-11/h1-5,7H,6,8H2,(H2,14,15,16,17). The number of nitrogens with zero attached hydrogens (tertiary/aromatic N) is 1. The Morgan fingerprint density at radius 3 is 2.94 bits per heavy atom. The number of ether oxygens (including phenoxy) is 1. The summed E-state index contributed by atoms with van der Waals surface area (Å²) in [4.78, 5) is 11.5. The number of carbonyl (C=O) groups is 1. The fourth-order valence-corrected chi connectivity index (χ4v) is 1.54. The van der Waals surface area contributed by atoms with Crippen molar-refractivity contribution in [3.63, 3.8) is 0 Å². The maximum Gasteiger partial charge on any atom is 0.228 e. The summed E-state index contributed by atoms with van der Waals surface area (Å²) in [6.45, 7) is 0.268. The molecular formula is C12H12ClN3O2. The van der Waals surface area contributed by atoms with Gasteiger partial charge in [-0.3, -0.25) is 9.89 Å². The molecule has 0 unspecified atom stereocenters. The summed E-state index contributed by atoms with van der Waals surface area (Å²) in [7, 11) is 0. The van der Waals surface area contributed by atoms with Crippen molar-refractivity contribution >= 4 is 23.3 Å². The summed E-state index contributed by atoms with van der Waals surface area (Å²) in [5.41, 5.74) is 0. The van der Waals surface area contributed by atoms with Crippen LogP contribution in [0.1, 0.15) is 6.42 Å². The number of hydrogen-bond acceptors (Lipinski definition) is 3. The van der Waals surface area contributed by atoms with Crippen molar-refractivity contribution in [1.29, 1.82) is 0 Å². The second-order valence-electron chi connectivity index (χ2n) is 3.55. The van der Waals surface area contributed by atoms with Gasteiger partial charge in [0.1, 0.15) is 11.6 Å². The van der Waals surface area contributed by atoms with E-state index in [9.17, 15) is 4.79 Å². The Bertz CT molecular complexity index is 514. The third-order valence-electron chi connectivity index (χ3n) is 2.20. The van der Waals surface area contributed by atoms with Gasteiger partial charge in [0.2, 0.25) is 5.91 Å². The van der Waals surface area contributed by atoms with E-state index in [0.717, 1.165) is 0 Å². The molecule has 0 aliphatic heterocycles. The van der Waals surface area contributed by atoms with Crippen molar-refractivity contribution in [2.75, 3.05) is 11.9 Å². The first-order valence-electron chi connectivity index (χ1n) is 5.42. The molecule has 0 aliphatic rings. The van der Waals surface area contributed by atoms with Gasteiger partial charge in [-0.1, -0.05) is 23.7 Å². The predicted molar refractivity (Wildman–Crippen MR) is 68.8 cm³/mol. The van der Waals surface area contributed by atoms with E-state index in [0.29, 0.717) is 16.6 Å². The summed E-state index contributed by atoms with van der Waals surface area (Å²) < 4.78 is 5.41. The molecule has 1 amide bonds. The van der Waals surface area contributed by atoms with Gasteiger partial charge >= 0.3 is 0 Å². The summed E-state index contributed by atoms with van der Waals surface area (Å²) in [5.74, 6) is 0.998. The Hall–Kier alpha value is -2.01. The summed E-state index contributed by atoms with van der Waals surface area (Å²) in [5, 5.41) is 9.55. The van der Waals surface area contributed by atoms with Gasteiger partial charge in [0.15, 0.2) is 0 Å². The average Bonchev–Trinajstić information content (AvgIpc) is 2.84. The number of carbonyl (C=O) groups excluding carboxylic acids is 1. The van der Waals surface area contributed by atoms with Crippen molar-refractivity contribution in [2.45, 2.75) is 6.42 Å². The van der Waals surface area contributed by atoms with Crippen molar-refractivity contribution in [1.82, 2.24) is 10.2 Å². The van der Waals surface area contributed by atoms with E-state index in [1.165, 1.54) is 0 Å². The lowest BCUT2D eigenvalue weighted by molar-refractivity contribution is -0.116. The zero-order valence-corrected chi connectivity index (χ0v) is 10.3. The van der Waals surface area contributed by atoms with Crippen LogP contribution in [0.3, 0.4) is 0 Å². The Morgan fingerprint density at radius 1 is 1.39 bits per heavy atom. The monoisotopic (exact) mass is 265 g/mol. The number of aromatic nitrogens is 2. The predicted octanol–water partition coefficient (Wildman–Crippen LogP) is 2.47. The molecule has 0 fully saturated rings. The lowest BCUT2D eigenvalue weighted by atomic mass is 10.3. The second kappa shape index (κ2) is 6.07. The van der Waals surface area contributed by atoms with E-state index < -0.39 is 0 Å². The smallest absolute Gasteiger partial charge is 0.228 e. The molecular weight excluding hydrogens is 254 g/mol. The number of H-pyrrole nitrogens is 1. The molecule has 0 aliphatic carbocycles. The number of aromatic amines is 1. The maximum atomic E-state index is 11.5. The molecule has 1 heterocycles. The number of amides is 1. The highest BCUT2D eigenvalue weighted by molar-refractivity contribution is 6.32. The minimum Gasteiger partial charge on any atom is -0.491 e. The summed E-state index contributed by atoms with van der Waals surface area (Å²) in [6.07, 6.45) is 1.81. The van der Waals surface area contributed by atoms with E-state index in [2.05, 4.69) is 15.5 Å². The van der Waals surface area contributed by atoms with E-state index >= 15 is 0 Å². The number of anilines is 1. The van der Waals surface area contributed by atoms with Crippen LogP contribution in [0.5, 0.6) is 5.75 Å². The third-order valence-corrected chi connectivity index (χ3v) is 2.51. The van der Waals surface area contributed by atoms with Gasteiger partial charge in [0.25, 0.3) is 0 Å². The molecule has 18 heavy (non-hydrogen) atoms. The lowest BCUT2D eigenvalue weighted by Crippen LogP contribution is -2.15. The van der Waals surface area contributed by atoms with Gasteiger partial charge in [-0.2, -0.15) is 5.10 Å². The minimum absolute atomic E-state index is 0.147. The van der Waals surface area contributed by atoms with Crippen LogP contribution in [0.4, 0.5) is 5.82 Å². The molecule has 1 aromatic heterocycles. The lowest BCUT2D eigenvalue weighted by Gasteiger charge is -2.07. The highest BCUT2D eigenvalue weighted by Crippen LogP contribution is 2.23. The Kier molecular flexibility index (Phi) is 4.20. The van der Waals surface area contributed by atoms with Gasteiger partial charge in [0, 0.05) is 6.07 Å². The normalized spacial score (nSPS) is 10.1. The van der Waals surface area contributed by atoms with Gasteiger partial charge in [-0.15, -0.1) is 0 Å². The van der Waals surface area contributed by atoms with Crippen molar-refractivity contribution in [3.05, 3.63) is 41.6 Å². The van der Waals surface area contributed by atoms with Crippen LogP contribution < -0.4 is 10.1 Å². The van der Waals surface area contributed by atoms with E-state index in [1.54, 1.807) is 24.4 Å².